The van der Waals surface area contributed by atoms with Gasteiger partial charge in [0.2, 0.25) is 0 Å². The Hall–Kier alpha value is -4.48. The van der Waals surface area contributed by atoms with E-state index < -0.39 is 28.5 Å². The highest BCUT2D eigenvalue weighted by molar-refractivity contribution is 6.39. The van der Waals surface area contributed by atoms with Gasteiger partial charge in [0, 0.05) is 34.8 Å². The van der Waals surface area contributed by atoms with Crippen LogP contribution < -0.4 is 10.7 Å². The molecule has 0 saturated heterocycles. The Morgan fingerprint density at radius 2 is 1.71 bits per heavy atom. The van der Waals surface area contributed by atoms with E-state index in [-0.39, 0.29) is 17.1 Å². The number of benzene rings is 2. The summed E-state index contributed by atoms with van der Waals surface area (Å²) in [6.07, 6.45) is -3.33. The van der Waals surface area contributed by atoms with E-state index in [9.17, 15) is 32.9 Å². The predicted molar refractivity (Wildman–Crippen MR) is 118 cm³/mol. The van der Waals surface area contributed by atoms with Crippen LogP contribution in [0.4, 0.5) is 24.5 Å². The zero-order valence-electron chi connectivity index (χ0n) is 17.9. The highest BCUT2D eigenvalue weighted by Gasteiger charge is 2.34. The first-order valence-corrected chi connectivity index (χ1v) is 9.73. The predicted octanol–water partition coefficient (Wildman–Crippen LogP) is 4.11. The van der Waals surface area contributed by atoms with Crippen LogP contribution in [0.5, 0.6) is 0 Å². The fraction of sp³-hybridized carbons (Fsp3) is 0.136. The van der Waals surface area contributed by atoms with E-state index in [0.29, 0.717) is 17.0 Å². The summed E-state index contributed by atoms with van der Waals surface area (Å²) < 4.78 is 41.7. The molecule has 2 N–H and O–H groups in total. The quantitative estimate of drug-likeness (QED) is 0.251. The van der Waals surface area contributed by atoms with Gasteiger partial charge in [-0.1, -0.05) is 12.1 Å². The summed E-state index contributed by atoms with van der Waals surface area (Å²) in [6.45, 7) is 3.23. The Balaban J connectivity index is 1.72. The zero-order valence-corrected chi connectivity index (χ0v) is 17.9. The van der Waals surface area contributed by atoms with Crippen LogP contribution in [0, 0.1) is 24.0 Å². The fourth-order valence-electron chi connectivity index (χ4n) is 3.26. The lowest BCUT2D eigenvalue weighted by molar-refractivity contribution is -0.384. The van der Waals surface area contributed by atoms with Crippen molar-refractivity contribution in [1.82, 2.24) is 9.99 Å². The maximum atomic E-state index is 13.4. The largest absolute Gasteiger partial charge is 0.418 e. The van der Waals surface area contributed by atoms with Crippen molar-refractivity contribution < 1.29 is 27.7 Å². The zero-order chi connectivity index (χ0) is 25.0. The third kappa shape index (κ3) is 5.28. The minimum Gasteiger partial charge on any atom is -0.318 e. The van der Waals surface area contributed by atoms with Gasteiger partial charge in [0.25, 0.3) is 5.69 Å². The van der Waals surface area contributed by atoms with Crippen LogP contribution in [0.1, 0.15) is 22.5 Å². The topological polar surface area (TPSA) is 119 Å². The van der Waals surface area contributed by atoms with E-state index in [1.165, 1.54) is 53.2 Å². The molecular formula is C22H18F3N5O4. The number of non-ortho nitro benzene ring substituents is 1. The van der Waals surface area contributed by atoms with Gasteiger partial charge in [0.1, 0.15) is 0 Å². The van der Waals surface area contributed by atoms with Crippen LogP contribution in [0.25, 0.3) is 5.69 Å². The van der Waals surface area contributed by atoms with Crippen LogP contribution in [-0.4, -0.2) is 27.5 Å². The van der Waals surface area contributed by atoms with Gasteiger partial charge < -0.3 is 9.88 Å². The first-order valence-electron chi connectivity index (χ1n) is 9.73. The van der Waals surface area contributed by atoms with E-state index in [1.54, 1.807) is 19.9 Å². The number of nitrogens with zero attached hydrogens (tertiary/aromatic N) is 3. The monoisotopic (exact) mass is 473 g/mol. The van der Waals surface area contributed by atoms with Crippen molar-refractivity contribution in [3.05, 3.63) is 87.2 Å². The lowest BCUT2D eigenvalue weighted by atomic mass is 10.1. The Morgan fingerprint density at radius 1 is 1.06 bits per heavy atom. The number of para-hydroxylation sites is 1. The fourth-order valence-corrected chi connectivity index (χ4v) is 3.26. The molecule has 0 aliphatic heterocycles. The average molecular weight is 473 g/mol. The summed E-state index contributed by atoms with van der Waals surface area (Å²) in [4.78, 5) is 34.0. The molecule has 3 rings (SSSR count). The number of alkyl halides is 3. The Labute approximate surface area is 191 Å². The molecule has 0 saturated carbocycles. The van der Waals surface area contributed by atoms with Crippen molar-refractivity contribution in [3.63, 3.8) is 0 Å². The summed E-state index contributed by atoms with van der Waals surface area (Å²) >= 11 is 0. The lowest BCUT2D eigenvalue weighted by Crippen LogP contribution is -2.32. The molecule has 0 spiro atoms. The molecule has 1 heterocycles. The van der Waals surface area contributed by atoms with Gasteiger partial charge >= 0.3 is 18.0 Å². The van der Waals surface area contributed by atoms with Gasteiger partial charge in [-0.25, -0.2) is 5.43 Å². The number of nitro benzene ring substituents is 1. The standard InChI is InChI=1S/C22H18F3N5O4/c1-13-11-15(14(2)29(13)19-6-4-3-5-18(19)22(23,24)25)12-26-28-21(32)20(31)27-16-7-9-17(10-8-16)30(33)34/h3-12H,1-2H3,(H,27,31)(H,28,32)/b26-12-. The van der Waals surface area contributed by atoms with E-state index in [0.717, 1.165) is 6.07 Å². The molecule has 2 amide bonds. The van der Waals surface area contributed by atoms with Crippen molar-refractivity contribution in [2.24, 2.45) is 5.10 Å². The number of hydrogen-bond acceptors (Lipinski definition) is 5. The summed E-state index contributed by atoms with van der Waals surface area (Å²) in [6, 6.07) is 11.6. The molecule has 0 atom stereocenters. The molecule has 0 fully saturated rings. The highest BCUT2D eigenvalue weighted by Crippen LogP contribution is 2.35. The van der Waals surface area contributed by atoms with E-state index in [4.69, 9.17) is 0 Å². The number of hydrazone groups is 1. The molecule has 0 unspecified atom stereocenters. The summed E-state index contributed by atoms with van der Waals surface area (Å²) in [5.74, 6) is -2.17. The first kappa shape index (κ1) is 24.2. The number of hydrogen-bond donors (Lipinski definition) is 2. The Morgan fingerprint density at radius 3 is 2.32 bits per heavy atom. The van der Waals surface area contributed by atoms with Crippen LogP contribution in [0.2, 0.25) is 0 Å². The molecule has 0 aliphatic rings. The molecule has 3 aromatic rings. The SMILES string of the molecule is Cc1cc(/C=N\NC(=O)C(=O)Nc2ccc([N+](=O)[O-])cc2)c(C)n1-c1ccccc1C(F)(F)F. The van der Waals surface area contributed by atoms with Crippen molar-refractivity contribution in [1.29, 1.82) is 0 Å². The number of anilines is 1. The third-order valence-corrected chi connectivity index (χ3v) is 4.83. The summed E-state index contributed by atoms with van der Waals surface area (Å²) in [5, 5.41) is 16.6. The number of aryl methyl sites for hydroxylation is 1. The molecular weight excluding hydrogens is 455 g/mol. The van der Waals surface area contributed by atoms with Crippen molar-refractivity contribution in [3.8, 4) is 5.69 Å². The smallest absolute Gasteiger partial charge is 0.318 e. The molecule has 176 valence electrons. The molecule has 2 aromatic carbocycles. The molecule has 0 aliphatic carbocycles. The molecule has 0 radical (unpaired) electrons. The normalized spacial score (nSPS) is 11.4. The Kier molecular flexibility index (Phi) is 6.80. The molecule has 9 nitrogen and oxygen atoms in total. The molecule has 1 aromatic heterocycles. The average Bonchev–Trinajstić information content (AvgIpc) is 3.06. The summed E-state index contributed by atoms with van der Waals surface area (Å²) in [7, 11) is 0. The number of carbonyl (C=O) groups excluding carboxylic acids is 2. The van der Waals surface area contributed by atoms with Crippen LogP contribution in [0.15, 0.2) is 59.7 Å². The van der Waals surface area contributed by atoms with Crippen LogP contribution in [0.3, 0.4) is 0 Å². The van der Waals surface area contributed by atoms with Crippen molar-refractivity contribution in [2.75, 3.05) is 5.32 Å². The Bertz CT molecular complexity index is 1280. The second-order valence-electron chi connectivity index (χ2n) is 7.13. The van der Waals surface area contributed by atoms with Gasteiger partial charge in [-0.3, -0.25) is 19.7 Å². The van der Waals surface area contributed by atoms with E-state index in [2.05, 4.69) is 10.4 Å². The highest BCUT2D eigenvalue weighted by atomic mass is 19.4. The first-order chi connectivity index (χ1) is 16.0. The molecule has 34 heavy (non-hydrogen) atoms. The third-order valence-electron chi connectivity index (χ3n) is 4.83. The lowest BCUT2D eigenvalue weighted by Gasteiger charge is -2.16. The van der Waals surface area contributed by atoms with Gasteiger partial charge in [0.05, 0.1) is 22.4 Å². The minimum absolute atomic E-state index is 0.0452. The van der Waals surface area contributed by atoms with Gasteiger partial charge in [-0.15, -0.1) is 0 Å². The molecule has 0 bridgehead atoms. The minimum atomic E-state index is -4.54. The number of aromatic nitrogens is 1. The van der Waals surface area contributed by atoms with Crippen LogP contribution in [-0.2, 0) is 15.8 Å². The van der Waals surface area contributed by atoms with Gasteiger partial charge in [-0.05, 0) is 44.2 Å². The number of amides is 2. The number of carbonyl (C=O) groups is 2. The van der Waals surface area contributed by atoms with E-state index >= 15 is 0 Å². The number of nitrogens with one attached hydrogen (secondary N) is 2. The second kappa shape index (κ2) is 9.57. The van der Waals surface area contributed by atoms with Gasteiger partial charge in [-0.2, -0.15) is 18.3 Å². The maximum Gasteiger partial charge on any atom is 0.418 e. The second-order valence-corrected chi connectivity index (χ2v) is 7.13. The van der Waals surface area contributed by atoms with E-state index in [1.807, 2.05) is 5.43 Å². The number of halogens is 3. The number of rotatable bonds is 5. The summed E-state index contributed by atoms with van der Waals surface area (Å²) in [5.41, 5.74) is 2.58. The van der Waals surface area contributed by atoms with Crippen molar-refractivity contribution >= 4 is 29.4 Å². The molecule has 12 heteroatoms. The maximum absolute atomic E-state index is 13.4. The van der Waals surface area contributed by atoms with Crippen LogP contribution >= 0.6 is 0 Å². The van der Waals surface area contributed by atoms with Crippen molar-refractivity contribution in [2.45, 2.75) is 20.0 Å². The number of nitro groups is 1. The van der Waals surface area contributed by atoms with Gasteiger partial charge in [0.15, 0.2) is 0 Å².